The number of amides is 2. The molecule has 1 rings (SSSR count). The normalized spacial score (nSPS) is 16.4. The van der Waals surface area contributed by atoms with Crippen molar-refractivity contribution in [2.24, 2.45) is 5.92 Å². The van der Waals surface area contributed by atoms with E-state index < -0.39 is 0 Å². The summed E-state index contributed by atoms with van der Waals surface area (Å²) in [6, 6.07) is 0. The summed E-state index contributed by atoms with van der Waals surface area (Å²) in [5, 5.41) is 8.94. The van der Waals surface area contributed by atoms with Crippen molar-refractivity contribution in [3.63, 3.8) is 0 Å². The summed E-state index contributed by atoms with van der Waals surface area (Å²) in [7, 11) is 0. The molecule has 19 heavy (non-hydrogen) atoms. The smallest absolute Gasteiger partial charge is 0.223 e. The van der Waals surface area contributed by atoms with E-state index in [1.165, 1.54) is 0 Å². The van der Waals surface area contributed by atoms with Crippen molar-refractivity contribution in [2.45, 2.75) is 45.6 Å². The van der Waals surface area contributed by atoms with Gasteiger partial charge in [0.2, 0.25) is 11.8 Å². The van der Waals surface area contributed by atoms with Gasteiger partial charge in [-0.25, -0.2) is 0 Å². The Bertz CT molecular complexity index is 297. The fourth-order valence-electron chi connectivity index (χ4n) is 2.01. The van der Waals surface area contributed by atoms with Crippen LogP contribution in [0.5, 0.6) is 0 Å². The van der Waals surface area contributed by atoms with E-state index >= 15 is 0 Å². The minimum Gasteiger partial charge on any atom is -0.355 e. The molecule has 3 N–H and O–H groups in total. The summed E-state index contributed by atoms with van der Waals surface area (Å²) < 4.78 is 0. The summed E-state index contributed by atoms with van der Waals surface area (Å²) in [5.74, 6) is 0.171. The molecule has 1 fully saturated rings. The molecule has 2 amide bonds. The Morgan fingerprint density at radius 1 is 1.21 bits per heavy atom. The van der Waals surface area contributed by atoms with E-state index in [2.05, 4.69) is 16.0 Å². The monoisotopic (exact) mass is 291 g/mol. The first kappa shape index (κ1) is 18.2. The van der Waals surface area contributed by atoms with Gasteiger partial charge in [0.25, 0.3) is 0 Å². The standard InChI is InChI=1S/C13H25N3O2.ClH/c1-13(2,3)16-11(17)6-9-15-12(18)10-4-7-14-8-5-10;/h10,14H,4-9H2,1-3H3,(H,15,18)(H,16,17);1H. The molecule has 1 aliphatic heterocycles. The Morgan fingerprint density at radius 2 is 1.79 bits per heavy atom. The quantitative estimate of drug-likeness (QED) is 0.718. The van der Waals surface area contributed by atoms with E-state index in [0.717, 1.165) is 25.9 Å². The lowest BCUT2D eigenvalue weighted by Crippen LogP contribution is -2.43. The Hall–Kier alpha value is -0.810. The lowest BCUT2D eigenvalue weighted by Gasteiger charge is -2.22. The highest BCUT2D eigenvalue weighted by Crippen LogP contribution is 2.11. The molecule has 0 spiro atoms. The first-order valence-electron chi connectivity index (χ1n) is 6.68. The van der Waals surface area contributed by atoms with Gasteiger partial charge in [-0.2, -0.15) is 0 Å². The van der Waals surface area contributed by atoms with Crippen LogP contribution < -0.4 is 16.0 Å². The molecule has 112 valence electrons. The van der Waals surface area contributed by atoms with Crippen LogP contribution in [0, 0.1) is 5.92 Å². The maximum atomic E-state index is 11.8. The van der Waals surface area contributed by atoms with Crippen LogP contribution in [0.2, 0.25) is 0 Å². The molecule has 1 saturated heterocycles. The van der Waals surface area contributed by atoms with E-state index in [1.54, 1.807) is 0 Å². The van der Waals surface area contributed by atoms with Gasteiger partial charge in [0.05, 0.1) is 0 Å². The number of hydrogen-bond acceptors (Lipinski definition) is 3. The van der Waals surface area contributed by atoms with Crippen molar-refractivity contribution < 1.29 is 9.59 Å². The topological polar surface area (TPSA) is 70.2 Å². The second-order valence-corrected chi connectivity index (χ2v) is 5.86. The van der Waals surface area contributed by atoms with Crippen LogP contribution in [0.1, 0.15) is 40.0 Å². The van der Waals surface area contributed by atoms with Gasteiger partial charge in [0, 0.05) is 24.4 Å². The third-order valence-electron chi connectivity index (χ3n) is 2.88. The van der Waals surface area contributed by atoms with E-state index in [9.17, 15) is 9.59 Å². The van der Waals surface area contributed by atoms with Crippen molar-refractivity contribution in [3.8, 4) is 0 Å². The maximum Gasteiger partial charge on any atom is 0.223 e. The molecule has 6 heteroatoms. The van der Waals surface area contributed by atoms with Crippen LogP contribution in [0.3, 0.4) is 0 Å². The highest BCUT2D eigenvalue weighted by atomic mass is 35.5. The second-order valence-electron chi connectivity index (χ2n) is 5.86. The van der Waals surface area contributed by atoms with Crippen molar-refractivity contribution in [3.05, 3.63) is 0 Å². The molecule has 0 atom stereocenters. The molecule has 1 heterocycles. The molecule has 0 unspecified atom stereocenters. The summed E-state index contributed by atoms with van der Waals surface area (Å²) in [6.07, 6.45) is 2.12. The Labute approximate surface area is 121 Å². The lowest BCUT2D eigenvalue weighted by atomic mass is 9.97. The van der Waals surface area contributed by atoms with Crippen LogP contribution >= 0.6 is 12.4 Å². The molecule has 5 nitrogen and oxygen atoms in total. The van der Waals surface area contributed by atoms with Crippen molar-refractivity contribution in [1.29, 1.82) is 0 Å². The van der Waals surface area contributed by atoms with Crippen LogP contribution in [-0.2, 0) is 9.59 Å². The molecule has 0 aromatic heterocycles. The van der Waals surface area contributed by atoms with Gasteiger partial charge in [-0.1, -0.05) is 0 Å². The zero-order chi connectivity index (χ0) is 13.6. The van der Waals surface area contributed by atoms with Crippen LogP contribution in [0.4, 0.5) is 0 Å². The van der Waals surface area contributed by atoms with Crippen molar-refractivity contribution >= 4 is 24.2 Å². The number of halogens is 1. The first-order chi connectivity index (χ1) is 8.38. The van der Waals surface area contributed by atoms with Gasteiger partial charge in [0.1, 0.15) is 0 Å². The van der Waals surface area contributed by atoms with Crippen LogP contribution in [0.25, 0.3) is 0 Å². The molecule has 0 bridgehead atoms. The Morgan fingerprint density at radius 3 is 2.32 bits per heavy atom. The van der Waals surface area contributed by atoms with Gasteiger partial charge in [-0.05, 0) is 46.7 Å². The minimum atomic E-state index is -0.212. The second kappa shape index (κ2) is 8.38. The fourth-order valence-corrected chi connectivity index (χ4v) is 2.01. The predicted octanol–water partition coefficient (Wildman–Crippen LogP) is 0.829. The predicted molar refractivity (Wildman–Crippen MR) is 78.4 cm³/mol. The molecule has 0 aliphatic carbocycles. The molecule has 1 aliphatic rings. The number of nitrogens with one attached hydrogen (secondary N) is 3. The summed E-state index contributed by atoms with van der Waals surface area (Å²) in [6.45, 7) is 8.06. The van der Waals surface area contributed by atoms with Gasteiger partial charge in [-0.15, -0.1) is 12.4 Å². The fraction of sp³-hybridized carbons (Fsp3) is 0.846. The lowest BCUT2D eigenvalue weighted by molar-refractivity contribution is -0.126. The SMILES string of the molecule is CC(C)(C)NC(=O)CCNC(=O)C1CCNCC1.Cl. The van der Waals surface area contributed by atoms with E-state index in [4.69, 9.17) is 0 Å². The summed E-state index contributed by atoms with van der Waals surface area (Å²) >= 11 is 0. The van der Waals surface area contributed by atoms with Gasteiger partial charge < -0.3 is 16.0 Å². The number of carbonyl (C=O) groups is 2. The van der Waals surface area contributed by atoms with Crippen molar-refractivity contribution in [1.82, 2.24) is 16.0 Å². The van der Waals surface area contributed by atoms with Crippen LogP contribution in [0.15, 0.2) is 0 Å². The molecule has 0 saturated carbocycles. The number of hydrogen-bond donors (Lipinski definition) is 3. The van der Waals surface area contributed by atoms with Gasteiger partial charge in [-0.3, -0.25) is 9.59 Å². The van der Waals surface area contributed by atoms with Gasteiger partial charge >= 0.3 is 0 Å². The van der Waals surface area contributed by atoms with Gasteiger partial charge in [0.15, 0.2) is 0 Å². The Balaban J connectivity index is 0.00000324. The highest BCUT2D eigenvalue weighted by Gasteiger charge is 2.20. The molecular formula is C13H26ClN3O2. The number of rotatable bonds is 4. The molecular weight excluding hydrogens is 266 g/mol. The number of piperidine rings is 1. The molecule has 0 radical (unpaired) electrons. The Kier molecular flexibility index (Phi) is 8.02. The minimum absolute atomic E-state index is 0. The zero-order valence-electron chi connectivity index (χ0n) is 12.0. The number of carbonyl (C=O) groups excluding carboxylic acids is 2. The third-order valence-corrected chi connectivity index (χ3v) is 2.88. The van der Waals surface area contributed by atoms with Crippen molar-refractivity contribution in [2.75, 3.05) is 19.6 Å². The molecule has 0 aromatic carbocycles. The summed E-state index contributed by atoms with van der Waals surface area (Å²) in [4.78, 5) is 23.3. The first-order valence-corrected chi connectivity index (χ1v) is 6.68. The largest absolute Gasteiger partial charge is 0.355 e. The third kappa shape index (κ3) is 8.06. The highest BCUT2D eigenvalue weighted by molar-refractivity contribution is 5.85. The molecule has 0 aromatic rings. The average molecular weight is 292 g/mol. The van der Waals surface area contributed by atoms with E-state index in [1.807, 2.05) is 20.8 Å². The average Bonchev–Trinajstić information content (AvgIpc) is 2.27. The van der Waals surface area contributed by atoms with E-state index in [0.29, 0.717) is 13.0 Å². The zero-order valence-corrected chi connectivity index (χ0v) is 12.9. The maximum absolute atomic E-state index is 11.8. The van der Waals surface area contributed by atoms with Crippen LogP contribution in [-0.4, -0.2) is 37.0 Å². The van der Waals surface area contributed by atoms with E-state index in [-0.39, 0.29) is 35.7 Å². The summed E-state index contributed by atoms with van der Waals surface area (Å²) in [5.41, 5.74) is -0.212.